The summed E-state index contributed by atoms with van der Waals surface area (Å²) in [6, 6.07) is 11.5. The first-order valence-corrected chi connectivity index (χ1v) is 6.48. The van der Waals surface area contributed by atoms with Crippen molar-refractivity contribution in [3.8, 4) is 0 Å². The number of aryl methyl sites for hydroxylation is 1. The second kappa shape index (κ2) is 5.30. The molecule has 5 nitrogen and oxygen atoms in total. The summed E-state index contributed by atoms with van der Waals surface area (Å²) in [6.45, 7) is 0.396. The SMILES string of the molecule is Cn1cnc2c(NCC(O)c3ccccc3)nccc21. The highest BCUT2D eigenvalue weighted by molar-refractivity contribution is 5.85. The molecule has 0 amide bonds. The van der Waals surface area contributed by atoms with Crippen LogP contribution in [0.4, 0.5) is 5.82 Å². The summed E-state index contributed by atoms with van der Waals surface area (Å²) < 4.78 is 1.94. The minimum Gasteiger partial charge on any atom is -0.387 e. The molecule has 3 aromatic rings. The van der Waals surface area contributed by atoms with Gasteiger partial charge in [0.05, 0.1) is 17.9 Å². The highest BCUT2D eigenvalue weighted by Crippen LogP contribution is 2.20. The van der Waals surface area contributed by atoms with Gasteiger partial charge in [0.2, 0.25) is 0 Å². The van der Waals surface area contributed by atoms with E-state index in [2.05, 4.69) is 15.3 Å². The normalized spacial score (nSPS) is 12.5. The standard InChI is InChI=1S/C15H16N4O/c1-19-10-18-14-12(19)7-8-16-15(14)17-9-13(20)11-5-3-2-4-6-11/h2-8,10,13,20H,9H2,1H3,(H,16,17). The summed E-state index contributed by atoms with van der Waals surface area (Å²) in [5, 5.41) is 13.3. The van der Waals surface area contributed by atoms with E-state index >= 15 is 0 Å². The van der Waals surface area contributed by atoms with Gasteiger partial charge in [-0.1, -0.05) is 30.3 Å². The van der Waals surface area contributed by atoms with Crippen LogP contribution in [0.2, 0.25) is 0 Å². The molecular formula is C15H16N4O. The maximum absolute atomic E-state index is 10.1. The average molecular weight is 268 g/mol. The molecular weight excluding hydrogens is 252 g/mol. The van der Waals surface area contributed by atoms with Crippen molar-refractivity contribution in [1.29, 1.82) is 0 Å². The van der Waals surface area contributed by atoms with Gasteiger partial charge in [-0.15, -0.1) is 0 Å². The Morgan fingerprint density at radius 2 is 2.00 bits per heavy atom. The first-order chi connectivity index (χ1) is 9.75. The number of aliphatic hydroxyl groups excluding tert-OH is 1. The molecule has 0 saturated carbocycles. The van der Waals surface area contributed by atoms with Crippen molar-refractivity contribution in [2.45, 2.75) is 6.10 Å². The fraction of sp³-hybridized carbons (Fsp3) is 0.200. The van der Waals surface area contributed by atoms with Crippen LogP contribution in [0.15, 0.2) is 48.9 Å². The Kier molecular flexibility index (Phi) is 3.35. The Morgan fingerprint density at radius 3 is 2.80 bits per heavy atom. The number of imidazole rings is 1. The predicted molar refractivity (Wildman–Crippen MR) is 78.4 cm³/mol. The van der Waals surface area contributed by atoms with Gasteiger partial charge in [-0.3, -0.25) is 0 Å². The van der Waals surface area contributed by atoms with Crippen LogP contribution >= 0.6 is 0 Å². The number of pyridine rings is 1. The molecule has 0 aliphatic rings. The summed E-state index contributed by atoms with van der Waals surface area (Å²) in [5.74, 6) is 0.693. The van der Waals surface area contributed by atoms with Crippen molar-refractivity contribution in [3.05, 3.63) is 54.5 Å². The largest absolute Gasteiger partial charge is 0.387 e. The fourth-order valence-electron chi connectivity index (χ4n) is 2.18. The van der Waals surface area contributed by atoms with E-state index in [9.17, 15) is 5.11 Å². The molecule has 1 unspecified atom stereocenters. The lowest BCUT2D eigenvalue weighted by Crippen LogP contribution is -2.13. The van der Waals surface area contributed by atoms with Gasteiger partial charge in [0.1, 0.15) is 5.52 Å². The summed E-state index contributed by atoms with van der Waals surface area (Å²) in [7, 11) is 1.94. The van der Waals surface area contributed by atoms with Crippen molar-refractivity contribution >= 4 is 16.9 Å². The van der Waals surface area contributed by atoms with Crippen molar-refractivity contribution < 1.29 is 5.11 Å². The molecule has 2 heterocycles. The van der Waals surface area contributed by atoms with E-state index < -0.39 is 6.10 Å². The number of benzene rings is 1. The minimum atomic E-state index is -0.572. The smallest absolute Gasteiger partial charge is 0.154 e. The van der Waals surface area contributed by atoms with Crippen molar-refractivity contribution in [3.63, 3.8) is 0 Å². The molecule has 0 saturated heterocycles. The van der Waals surface area contributed by atoms with Gasteiger partial charge in [-0.25, -0.2) is 9.97 Å². The molecule has 1 atom stereocenters. The van der Waals surface area contributed by atoms with Crippen LogP contribution in [-0.4, -0.2) is 26.2 Å². The Hall–Kier alpha value is -2.40. The number of fused-ring (bicyclic) bond motifs is 1. The van der Waals surface area contributed by atoms with Crippen LogP contribution in [0, 0.1) is 0 Å². The van der Waals surface area contributed by atoms with Gasteiger partial charge < -0.3 is 15.0 Å². The lowest BCUT2D eigenvalue weighted by Gasteiger charge is -2.12. The molecule has 0 radical (unpaired) electrons. The first kappa shape index (κ1) is 12.6. The maximum Gasteiger partial charge on any atom is 0.154 e. The summed E-state index contributed by atoms with van der Waals surface area (Å²) in [4.78, 5) is 8.61. The van der Waals surface area contributed by atoms with Crippen LogP contribution < -0.4 is 5.32 Å². The topological polar surface area (TPSA) is 63.0 Å². The molecule has 0 aliphatic heterocycles. The van der Waals surface area contributed by atoms with Crippen molar-refractivity contribution in [2.24, 2.45) is 7.05 Å². The molecule has 3 rings (SSSR count). The number of hydrogen-bond donors (Lipinski definition) is 2. The molecule has 1 aromatic carbocycles. The molecule has 2 aromatic heterocycles. The zero-order valence-corrected chi connectivity index (χ0v) is 11.2. The third-order valence-electron chi connectivity index (χ3n) is 3.29. The monoisotopic (exact) mass is 268 g/mol. The zero-order valence-electron chi connectivity index (χ0n) is 11.2. The quantitative estimate of drug-likeness (QED) is 0.760. The van der Waals surface area contributed by atoms with Crippen LogP contribution in [0.5, 0.6) is 0 Å². The zero-order chi connectivity index (χ0) is 13.9. The second-order valence-corrected chi connectivity index (χ2v) is 4.69. The summed E-state index contributed by atoms with van der Waals surface area (Å²) in [6.07, 6.45) is 2.92. The average Bonchev–Trinajstić information content (AvgIpc) is 2.88. The molecule has 5 heteroatoms. The van der Waals surface area contributed by atoms with Gasteiger partial charge in [0.15, 0.2) is 5.82 Å². The van der Waals surface area contributed by atoms with Gasteiger partial charge in [-0.2, -0.15) is 0 Å². The van der Waals surface area contributed by atoms with E-state index in [-0.39, 0.29) is 0 Å². The summed E-state index contributed by atoms with van der Waals surface area (Å²) in [5.41, 5.74) is 2.71. The van der Waals surface area contributed by atoms with Crippen molar-refractivity contribution in [2.75, 3.05) is 11.9 Å². The highest BCUT2D eigenvalue weighted by Gasteiger charge is 2.10. The van der Waals surface area contributed by atoms with E-state index in [0.29, 0.717) is 12.4 Å². The second-order valence-electron chi connectivity index (χ2n) is 4.69. The van der Waals surface area contributed by atoms with Gasteiger partial charge in [0, 0.05) is 19.8 Å². The van der Waals surface area contributed by atoms with Gasteiger partial charge in [-0.05, 0) is 11.6 Å². The van der Waals surface area contributed by atoms with Crippen LogP contribution in [0.3, 0.4) is 0 Å². The van der Waals surface area contributed by atoms with Crippen molar-refractivity contribution in [1.82, 2.24) is 14.5 Å². The number of hydrogen-bond acceptors (Lipinski definition) is 4. The third-order valence-corrected chi connectivity index (χ3v) is 3.29. The fourth-order valence-corrected chi connectivity index (χ4v) is 2.18. The molecule has 0 bridgehead atoms. The number of nitrogens with one attached hydrogen (secondary N) is 1. The molecule has 0 fully saturated rings. The van der Waals surface area contributed by atoms with Crippen LogP contribution in [0.1, 0.15) is 11.7 Å². The van der Waals surface area contributed by atoms with Gasteiger partial charge >= 0.3 is 0 Å². The maximum atomic E-state index is 10.1. The minimum absolute atomic E-state index is 0.396. The molecule has 0 spiro atoms. The van der Waals surface area contributed by atoms with Gasteiger partial charge in [0.25, 0.3) is 0 Å². The molecule has 20 heavy (non-hydrogen) atoms. The highest BCUT2D eigenvalue weighted by atomic mass is 16.3. The molecule has 2 N–H and O–H groups in total. The van der Waals surface area contributed by atoms with Crippen LogP contribution in [0.25, 0.3) is 11.0 Å². The Labute approximate surface area is 116 Å². The first-order valence-electron chi connectivity index (χ1n) is 6.48. The number of nitrogens with zero attached hydrogens (tertiary/aromatic N) is 3. The van der Waals surface area contributed by atoms with E-state index in [4.69, 9.17) is 0 Å². The Bertz CT molecular complexity index is 708. The van der Waals surface area contributed by atoms with E-state index in [1.54, 1.807) is 12.5 Å². The number of anilines is 1. The third kappa shape index (κ3) is 2.35. The molecule has 0 aliphatic carbocycles. The number of aromatic nitrogens is 3. The number of rotatable bonds is 4. The summed E-state index contributed by atoms with van der Waals surface area (Å²) >= 11 is 0. The Morgan fingerprint density at radius 1 is 1.20 bits per heavy atom. The van der Waals surface area contributed by atoms with E-state index in [1.807, 2.05) is 48.0 Å². The van der Waals surface area contributed by atoms with E-state index in [1.165, 1.54) is 0 Å². The Balaban J connectivity index is 1.77. The lowest BCUT2D eigenvalue weighted by atomic mass is 10.1. The number of aliphatic hydroxyl groups is 1. The van der Waals surface area contributed by atoms with Crippen LogP contribution in [-0.2, 0) is 7.05 Å². The predicted octanol–water partition coefficient (Wildman–Crippen LogP) is 2.11. The lowest BCUT2D eigenvalue weighted by molar-refractivity contribution is 0.191. The molecule has 102 valence electrons. The van der Waals surface area contributed by atoms with E-state index in [0.717, 1.165) is 16.6 Å².